The molecule has 0 atom stereocenters. The van der Waals surface area contributed by atoms with Crippen molar-refractivity contribution < 1.29 is 9.21 Å². The molecule has 0 spiro atoms. The van der Waals surface area contributed by atoms with Crippen LogP contribution in [0.2, 0.25) is 0 Å². The second kappa shape index (κ2) is 8.45. The maximum Gasteiger partial charge on any atom is 0.291 e. The number of hydrogen-bond donors (Lipinski definition) is 2. The Morgan fingerprint density at radius 2 is 1.86 bits per heavy atom. The van der Waals surface area contributed by atoms with Crippen molar-refractivity contribution in [2.75, 3.05) is 5.32 Å². The van der Waals surface area contributed by atoms with Crippen LogP contribution in [0.25, 0.3) is 11.3 Å². The zero-order valence-corrected chi connectivity index (χ0v) is 17.0. The number of nitrogens with zero attached hydrogens (tertiary/aromatic N) is 2. The molecule has 28 heavy (non-hydrogen) atoms. The number of anilines is 1. The quantitative estimate of drug-likeness (QED) is 0.382. The van der Waals surface area contributed by atoms with Gasteiger partial charge in [-0.2, -0.15) is 5.10 Å². The number of carbonyl (C=O) groups is 1. The predicted molar refractivity (Wildman–Crippen MR) is 112 cm³/mol. The Bertz CT molecular complexity index is 1060. The largest absolute Gasteiger partial charge is 0.451 e. The monoisotopic (exact) mass is 454 g/mol. The van der Waals surface area contributed by atoms with Gasteiger partial charge >= 0.3 is 0 Å². The Hall–Kier alpha value is -2.84. The number of nitrogens with one attached hydrogen (secondary N) is 2. The molecule has 0 bridgehead atoms. The topological polar surface area (TPSA) is 83.8 Å². The number of carbonyl (C=O) groups excluding carboxylic acids is 1. The van der Waals surface area contributed by atoms with Crippen LogP contribution in [0, 0.1) is 0 Å². The van der Waals surface area contributed by atoms with E-state index in [4.69, 9.17) is 4.42 Å². The molecule has 0 radical (unpaired) electrons. The summed E-state index contributed by atoms with van der Waals surface area (Å²) in [5.74, 6) is 1.39. The van der Waals surface area contributed by atoms with Crippen LogP contribution >= 0.6 is 27.7 Å². The fourth-order valence-corrected chi connectivity index (χ4v) is 3.52. The molecule has 2 aromatic heterocycles. The number of amides is 1. The second-order valence-corrected chi connectivity index (χ2v) is 7.78. The predicted octanol–water partition coefficient (Wildman–Crippen LogP) is 5.37. The van der Waals surface area contributed by atoms with Crippen LogP contribution in [0.3, 0.4) is 0 Å². The third kappa shape index (κ3) is 4.52. The highest BCUT2D eigenvalue weighted by Gasteiger charge is 2.12. The zero-order chi connectivity index (χ0) is 19.3. The van der Waals surface area contributed by atoms with E-state index in [0.717, 1.165) is 26.5 Å². The summed E-state index contributed by atoms with van der Waals surface area (Å²) in [6.07, 6.45) is 1.48. The van der Waals surface area contributed by atoms with Crippen molar-refractivity contribution in [2.24, 2.45) is 0 Å². The fraction of sp³-hybridized carbons (Fsp3) is 0.0500. The van der Waals surface area contributed by atoms with E-state index in [1.807, 2.05) is 48.5 Å². The lowest BCUT2D eigenvalue weighted by molar-refractivity contribution is 0.0997. The van der Waals surface area contributed by atoms with Crippen LogP contribution in [0.1, 0.15) is 16.1 Å². The summed E-state index contributed by atoms with van der Waals surface area (Å²) in [5, 5.41) is 10.3. The summed E-state index contributed by atoms with van der Waals surface area (Å²) in [5.41, 5.74) is 2.74. The maximum atomic E-state index is 12.4. The maximum absolute atomic E-state index is 12.4. The summed E-state index contributed by atoms with van der Waals surface area (Å²) in [7, 11) is 0. The molecule has 2 aromatic carbocycles. The van der Waals surface area contributed by atoms with E-state index in [1.54, 1.807) is 23.9 Å². The van der Waals surface area contributed by atoms with E-state index >= 15 is 0 Å². The number of furan rings is 1. The first-order valence-electron chi connectivity index (χ1n) is 8.41. The average molecular weight is 455 g/mol. The lowest BCUT2D eigenvalue weighted by Crippen LogP contribution is -2.10. The fourth-order valence-electron chi connectivity index (χ4n) is 2.52. The van der Waals surface area contributed by atoms with Crippen molar-refractivity contribution in [2.45, 2.75) is 10.9 Å². The Labute approximate surface area is 173 Å². The van der Waals surface area contributed by atoms with Crippen molar-refractivity contribution in [3.63, 3.8) is 0 Å². The van der Waals surface area contributed by atoms with Crippen molar-refractivity contribution in [1.29, 1.82) is 0 Å². The lowest BCUT2D eigenvalue weighted by Gasteiger charge is -2.05. The van der Waals surface area contributed by atoms with Crippen LogP contribution < -0.4 is 5.32 Å². The van der Waals surface area contributed by atoms with Crippen LogP contribution in [0.5, 0.6) is 0 Å². The van der Waals surface area contributed by atoms with E-state index in [-0.39, 0.29) is 11.7 Å². The molecule has 1 amide bonds. The van der Waals surface area contributed by atoms with Crippen LogP contribution in [-0.4, -0.2) is 21.1 Å². The lowest BCUT2D eigenvalue weighted by atomic mass is 10.2. The van der Waals surface area contributed by atoms with Crippen LogP contribution in [0.15, 0.2) is 81.0 Å². The molecule has 0 aliphatic heterocycles. The number of aromatic nitrogens is 3. The van der Waals surface area contributed by atoms with Gasteiger partial charge in [0.15, 0.2) is 10.9 Å². The van der Waals surface area contributed by atoms with Gasteiger partial charge in [-0.15, -0.1) is 0 Å². The standard InChI is InChI=1S/C20H15BrN4O2S/c21-15-5-3-14(4-6-15)17-9-10-18(27-17)19(26)24-16-7-1-13(2-8-16)11-28-20-22-12-23-25-20/h1-10,12H,11H2,(H,24,26)(H,22,23,25). The SMILES string of the molecule is O=C(Nc1ccc(CSc2ncn[nH]2)cc1)c1ccc(-c2ccc(Br)cc2)o1. The Kier molecular flexibility index (Phi) is 5.59. The number of halogens is 1. The number of benzene rings is 2. The van der Waals surface area contributed by atoms with Gasteiger partial charge < -0.3 is 9.73 Å². The molecule has 2 heterocycles. The van der Waals surface area contributed by atoms with Crippen LogP contribution in [-0.2, 0) is 5.75 Å². The Morgan fingerprint density at radius 3 is 2.57 bits per heavy atom. The van der Waals surface area contributed by atoms with E-state index in [1.165, 1.54) is 6.33 Å². The number of H-pyrrole nitrogens is 1. The molecular weight excluding hydrogens is 440 g/mol. The summed E-state index contributed by atoms with van der Waals surface area (Å²) in [6.45, 7) is 0. The van der Waals surface area contributed by atoms with Gasteiger partial charge in [-0.3, -0.25) is 9.89 Å². The van der Waals surface area contributed by atoms with E-state index in [9.17, 15) is 4.79 Å². The van der Waals surface area contributed by atoms with Gasteiger partial charge in [0.2, 0.25) is 0 Å². The summed E-state index contributed by atoms with van der Waals surface area (Å²) in [4.78, 5) is 16.5. The van der Waals surface area contributed by atoms with E-state index in [0.29, 0.717) is 11.4 Å². The van der Waals surface area contributed by atoms with Crippen LogP contribution in [0.4, 0.5) is 5.69 Å². The highest BCUT2D eigenvalue weighted by atomic mass is 79.9. The van der Waals surface area contributed by atoms with Gasteiger partial charge in [-0.1, -0.05) is 52.0 Å². The molecule has 0 fully saturated rings. The number of hydrogen-bond acceptors (Lipinski definition) is 5. The molecule has 6 nitrogen and oxygen atoms in total. The molecule has 140 valence electrons. The van der Waals surface area contributed by atoms with Crippen molar-refractivity contribution in [1.82, 2.24) is 15.2 Å². The summed E-state index contributed by atoms with van der Waals surface area (Å²) >= 11 is 4.97. The number of thioether (sulfide) groups is 1. The smallest absolute Gasteiger partial charge is 0.291 e. The zero-order valence-electron chi connectivity index (χ0n) is 14.6. The molecule has 0 aliphatic rings. The highest BCUT2D eigenvalue weighted by Crippen LogP contribution is 2.25. The first-order chi connectivity index (χ1) is 13.7. The van der Waals surface area contributed by atoms with Gasteiger partial charge in [0.25, 0.3) is 5.91 Å². The molecule has 0 saturated carbocycles. The normalized spacial score (nSPS) is 10.8. The van der Waals surface area contributed by atoms with Gasteiger partial charge in [0.1, 0.15) is 12.1 Å². The minimum Gasteiger partial charge on any atom is -0.451 e. The molecule has 4 aromatic rings. The van der Waals surface area contributed by atoms with Crippen molar-refractivity contribution in [3.05, 3.63) is 82.8 Å². The van der Waals surface area contributed by atoms with E-state index < -0.39 is 0 Å². The average Bonchev–Trinajstić information content (AvgIpc) is 3.40. The molecule has 2 N–H and O–H groups in total. The summed E-state index contributed by atoms with van der Waals surface area (Å²) < 4.78 is 6.69. The van der Waals surface area contributed by atoms with Crippen molar-refractivity contribution in [3.8, 4) is 11.3 Å². The third-order valence-electron chi connectivity index (χ3n) is 3.94. The second-order valence-electron chi connectivity index (χ2n) is 5.90. The van der Waals surface area contributed by atoms with Gasteiger partial charge in [0, 0.05) is 21.5 Å². The Balaban J connectivity index is 1.37. The summed E-state index contributed by atoms with van der Waals surface area (Å²) in [6, 6.07) is 18.9. The molecule has 8 heteroatoms. The van der Waals surface area contributed by atoms with E-state index in [2.05, 4.69) is 36.4 Å². The molecular formula is C20H15BrN4O2S. The van der Waals surface area contributed by atoms with Crippen molar-refractivity contribution >= 4 is 39.3 Å². The minimum atomic E-state index is -0.285. The molecule has 0 saturated heterocycles. The molecule has 0 unspecified atom stereocenters. The third-order valence-corrected chi connectivity index (χ3v) is 5.42. The van der Waals surface area contributed by atoms with Gasteiger partial charge in [-0.25, -0.2) is 4.98 Å². The number of rotatable bonds is 6. The Morgan fingerprint density at radius 1 is 1.07 bits per heavy atom. The minimum absolute atomic E-state index is 0.267. The molecule has 4 rings (SSSR count). The first-order valence-corrected chi connectivity index (χ1v) is 10.2. The highest BCUT2D eigenvalue weighted by molar-refractivity contribution is 9.10. The van der Waals surface area contributed by atoms with Gasteiger partial charge in [-0.05, 0) is 42.0 Å². The number of aromatic amines is 1. The first kappa shape index (κ1) is 18.5. The molecule has 0 aliphatic carbocycles. The van der Waals surface area contributed by atoms with Gasteiger partial charge in [0.05, 0.1) is 0 Å².